The van der Waals surface area contributed by atoms with Crippen LogP contribution >= 0.6 is 0 Å². The van der Waals surface area contributed by atoms with Crippen molar-refractivity contribution in [3.63, 3.8) is 0 Å². The van der Waals surface area contributed by atoms with E-state index in [9.17, 15) is 14.4 Å². The molecule has 1 aliphatic carbocycles. The number of rotatable bonds is 2. The Morgan fingerprint density at radius 1 is 1.28 bits per heavy atom. The fourth-order valence-corrected chi connectivity index (χ4v) is 2.26. The number of fused-ring (bicyclic) bond motifs is 1. The van der Waals surface area contributed by atoms with Crippen molar-refractivity contribution in [2.24, 2.45) is 0 Å². The summed E-state index contributed by atoms with van der Waals surface area (Å²) in [4.78, 5) is 34.9. The van der Waals surface area contributed by atoms with Gasteiger partial charge >= 0.3 is 5.97 Å². The molecule has 18 heavy (non-hydrogen) atoms. The van der Waals surface area contributed by atoms with Crippen LogP contribution in [0.3, 0.4) is 0 Å². The van der Waals surface area contributed by atoms with Crippen LogP contribution < -0.4 is 0 Å². The zero-order valence-corrected chi connectivity index (χ0v) is 10.4. The molecule has 0 radical (unpaired) electrons. The van der Waals surface area contributed by atoms with Crippen molar-refractivity contribution in [2.45, 2.75) is 25.7 Å². The van der Waals surface area contributed by atoms with Gasteiger partial charge < -0.3 is 4.74 Å². The Kier molecular flexibility index (Phi) is 3.28. The first-order valence-corrected chi connectivity index (χ1v) is 5.79. The number of hydrogen-bond acceptors (Lipinski definition) is 4. The van der Waals surface area contributed by atoms with Gasteiger partial charge in [-0.2, -0.15) is 0 Å². The van der Waals surface area contributed by atoms with Crippen LogP contribution in [0.25, 0.3) is 0 Å². The molecule has 0 aromatic heterocycles. The van der Waals surface area contributed by atoms with E-state index in [0.29, 0.717) is 24.0 Å². The van der Waals surface area contributed by atoms with Gasteiger partial charge in [0.15, 0.2) is 11.6 Å². The fourth-order valence-electron chi connectivity index (χ4n) is 2.26. The molecular weight excluding hydrogens is 232 g/mol. The number of esters is 1. The molecule has 0 saturated heterocycles. The second-order valence-electron chi connectivity index (χ2n) is 4.39. The third-order valence-electron chi connectivity index (χ3n) is 3.26. The molecule has 1 aliphatic rings. The zero-order valence-electron chi connectivity index (χ0n) is 10.4. The molecule has 4 heteroatoms. The maximum Gasteiger partial charge on any atom is 0.320 e. The SMILES string of the molecule is COC(=O)C1C(=O)CCc2ccc(C(C)=O)cc21. The van der Waals surface area contributed by atoms with E-state index in [1.165, 1.54) is 14.0 Å². The summed E-state index contributed by atoms with van der Waals surface area (Å²) in [5, 5.41) is 0. The first kappa shape index (κ1) is 12.5. The van der Waals surface area contributed by atoms with Crippen molar-refractivity contribution >= 4 is 17.5 Å². The van der Waals surface area contributed by atoms with Gasteiger partial charge in [-0.05, 0) is 30.5 Å². The number of hydrogen-bond donors (Lipinski definition) is 0. The topological polar surface area (TPSA) is 60.4 Å². The monoisotopic (exact) mass is 246 g/mol. The smallest absolute Gasteiger partial charge is 0.320 e. The van der Waals surface area contributed by atoms with E-state index in [-0.39, 0.29) is 11.6 Å². The highest BCUT2D eigenvalue weighted by molar-refractivity contribution is 6.06. The number of carbonyl (C=O) groups excluding carboxylic acids is 3. The number of carbonyl (C=O) groups is 3. The van der Waals surface area contributed by atoms with E-state index < -0.39 is 11.9 Å². The van der Waals surface area contributed by atoms with Crippen LogP contribution in [0.4, 0.5) is 0 Å². The lowest BCUT2D eigenvalue weighted by atomic mass is 9.81. The van der Waals surface area contributed by atoms with Gasteiger partial charge in [-0.1, -0.05) is 12.1 Å². The summed E-state index contributed by atoms with van der Waals surface area (Å²) in [5.74, 6) is -1.66. The van der Waals surface area contributed by atoms with E-state index in [1.54, 1.807) is 12.1 Å². The Bertz CT molecular complexity index is 531. The predicted octanol–water partition coefficient (Wildman–Crippen LogP) is 1.66. The summed E-state index contributed by atoms with van der Waals surface area (Å²) in [6.45, 7) is 1.46. The summed E-state index contributed by atoms with van der Waals surface area (Å²) in [6.07, 6.45) is 0.950. The number of aryl methyl sites for hydroxylation is 1. The molecule has 4 nitrogen and oxygen atoms in total. The molecular formula is C14H14O4. The van der Waals surface area contributed by atoms with Gasteiger partial charge in [-0.3, -0.25) is 14.4 Å². The quantitative estimate of drug-likeness (QED) is 0.452. The molecule has 0 heterocycles. The highest BCUT2D eigenvalue weighted by atomic mass is 16.5. The average molecular weight is 246 g/mol. The third kappa shape index (κ3) is 2.06. The van der Waals surface area contributed by atoms with E-state index >= 15 is 0 Å². The summed E-state index contributed by atoms with van der Waals surface area (Å²) < 4.78 is 4.67. The van der Waals surface area contributed by atoms with Crippen molar-refractivity contribution in [2.75, 3.05) is 7.11 Å². The fraction of sp³-hybridized carbons (Fsp3) is 0.357. The van der Waals surface area contributed by atoms with Gasteiger partial charge in [0.05, 0.1) is 7.11 Å². The normalized spacial score (nSPS) is 18.1. The van der Waals surface area contributed by atoms with Crippen molar-refractivity contribution < 1.29 is 19.1 Å². The molecule has 0 bridgehead atoms. The van der Waals surface area contributed by atoms with Crippen molar-refractivity contribution in [3.8, 4) is 0 Å². The molecule has 0 fully saturated rings. The highest BCUT2D eigenvalue weighted by Gasteiger charge is 2.34. The lowest BCUT2D eigenvalue weighted by Crippen LogP contribution is -2.28. The number of methoxy groups -OCH3 is 1. The number of ether oxygens (including phenoxy) is 1. The molecule has 1 atom stereocenters. The molecule has 0 spiro atoms. The van der Waals surface area contributed by atoms with Crippen molar-refractivity contribution in [1.82, 2.24) is 0 Å². The Morgan fingerprint density at radius 2 is 2.00 bits per heavy atom. The van der Waals surface area contributed by atoms with E-state index in [2.05, 4.69) is 4.74 Å². The second kappa shape index (κ2) is 4.72. The third-order valence-corrected chi connectivity index (χ3v) is 3.26. The van der Waals surface area contributed by atoms with Crippen LogP contribution in [-0.4, -0.2) is 24.6 Å². The molecule has 0 N–H and O–H groups in total. The Labute approximate surface area is 105 Å². The minimum atomic E-state index is -0.877. The Hall–Kier alpha value is -1.97. The van der Waals surface area contributed by atoms with Gasteiger partial charge in [0, 0.05) is 12.0 Å². The van der Waals surface area contributed by atoms with Crippen LogP contribution in [0, 0.1) is 0 Å². The van der Waals surface area contributed by atoms with Crippen LogP contribution in [0.5, 0.6) is 0 Å². The standard InChI is InChI=1S/C14H14O4/c1-8(15)10-4-3-9-5-6-12(16)13(11(9)7-10)14(17)18-2/h3-4,7,13H,5-6H2,1-2H3. The highest BCUT2D eigenvalue weighted by Crippen LogP contribution is 2.31. The van der Waals surface area contributed by atoms with E-state index in [1.807, 2.05) is 6.07 Å². The molecule has 0 amide bonds. The molecule has 1 aromatic rings. The van der Waals surface area contributed by atoms with Gasteiger partial charge in [-0.25, -0.2) is 0 Å². The first-order chi connectivity index (χ1) is 8.54. The molecule has 1 aromatic carbocycles. The molecule has 0 aliphatic heterocycles. The van der Waals surface area contributed by atoms with Gasteiger partial charge in [0.2, 0.25) is 0 Å². The largest absolute Gasteiger partial charge is 0.468 e. The number of ketones is 2. The zero-order chi connectivity index (χ0) is 13.3. The average Bonchev–Trinajstić information content (AvgIpc) is 2.37. The van der Waals surface area contributed by atoms with Gasteiger partial charge in [0.25, 0.3) is 0 Å². The minimum absolute atomic E-state index is 0.0839. The van der Waals surface area contributed by atoms with Crippen LogP contribution in [0.2, 0.25) is 0 Å². The summed E-state index contributed by atoms with van der Waals surface area (Å²) in [6, 6.07) is 5.18. The number of benzene rings is 1. The van der Waals surface area contributed by atoms with Crippen molar-refractivity contribution in [1.29, 1.82) is 0 Å². The summed E-state index contributed by atoms with van der Waals surface area (Å²) in [7, 11) is 1.26. The molecule has 1 unspecified atom stereocenters. The van der Waals surface area contributed by atoms with Crippen LogP contribution in [-0.2, 0) is 20.7 Å². The molecule has 94 valence electrons. The Morgan fingerprint density at radius 3 is 2.61 bits per heavy atom. The summed E-state index contributed by atoms with van der Waals surface area (Å²) in [5.41, 5.74) is 2.07. The van der Waals surface area contributed by atoms with Crippen molar-refractivity contribution in [3.05, 3.63) is 34.9 Å². The summed E-state index contributed by atoms with van der Waals surface area (Å²) >= 11 is 0. The van der Waals surface area contributed by atoms with Crippen LogP contribution in [0.1, 0.15) is 40.7 Å². The van der Waals surface area contributed by atoms with Gasteiger partial charge in [-0.15, -0.1) is 0 Å². The number of Topliss-reactive ketones (excluding diaryl/α,β-unsaturated/α-hetero) is 2. The second-order valence-corrected chi connectivity index (χ2v) is 4.39. The lowest BCUT2D eigenvalue weighted by molar-refractivity contribution is -0.146. The predicted molar refractivity (Wildman–Crippen MR) is 64.5 cm³/mol. The molecule has 2 rings (SSSR count). The Balaban J connectivity index is 2.53. The maximum atomic E-state index is 11.9. The first-order valence-electron chi connectivity index (χ1n) is 5.79. The van der Waals surface area contributed by atoms with Crippen LogP contribution in [0.15, 0.2) is 18.2 Å². The lowest BCUT2D eigenvalue weighted by Gasteiger charge is -2.22. The van der Waals surface area contributed by atoms with E-state index in [4.69, 9.17) is 0 Å². The van der Waals surface area contributed by atoms with Gasteiger partial charge in [0.1, 0.15) is 5.92 Å². The minimum Gasteiger partial charge on any atom is -0.468 e. The van der Waals surface area contributed by atoms with E-state index in [0.717, 1.165) is 5.56 Å². The molecule has 0 saturated carbocycles. The maximum absolute atomic E-state index is 11.9.